The standard InChI is InChI=1S/C21H26N2O4S/c1-4-23(5-2)21(25)17-7-6-8-18(15-17)22-20(24)13-14-28(26,27)19-11-9-16(3)10-12-19/h6-12,15H,4-5,13-14H2,1-3H3,(H,22,24). The molecule has 0 bridgehead atoms. The number of hydrogen-bond donors (Lipinski definition) is 1. The highest BCUT2D eigenvalue weighted by Crippen LogP contribution is 2.15. The van der Waals surface area contributed by atoms with Crippen LogP contribution in [0, 0.1) is 6.92 Å². The molecular weight excluding hydrogens is 376 g/mol. The van der Waals surface area contributed by atoms with Crippen molar-refractivity contribution in [3.63, 3.8) is 0 Å². The third-order valence-electron chi connectivity index (χ3n) is 4.42. The number of nitrogens with zero attached hydrogens (tertiary/aromatic N) is 1. The predicted octanol–water partition coefficient (Wildman–Crippen LogP) is 3.28. The van der Waals surface area contributed by atoms with Gasteiger partial charge in [0.15, 0.2) is 9.84 Å². The number of benzene rings is 2. The molecule has 0 fully saturated rings. The summed E-state index contributed by atoms with van der Waals surface area (Å²) in [5.41, 5.74) is 1.92. The first-order valence-corrected chi connectivity index (χ1v) is 10.9. The maximum Gasteiger partial charge on any atom is 0.253 e. The van der Waals surface area contributed by atoms with Crippen molar-refractivity contribution < 1.29 is 18.0 Å². The van der Waals surface area contributed by atoms with E-state index in [-0.39, 0.29) is 23.0 Å². The fourth-order valence-corrected chi connectivity index (χ4v) is 3.98. The molecule has 2 rings (SSSR count). The molecule has 0 aliphatic heterocycles. The molecule has 150 valence electrons. The average Bonchev–Trinajstić information content (AvgIpc) is 2.68. The van der Waals surface area contributed by atoms with Crippen molar-refractivity contribution in [2.75, 3.05) is 24.2 Å². The summed E-state index contributed by atoms with van der Waals surface area (Å²) in [6.45, 7) is 6.89. The summed E-state index contributed by atoms with van der Waals surface area (Å²) >= 11 is 0. The smallest absolute Gasteiger partial charge is 0.253 e. The van der Waals surface area contributed by atoms with Gasteiger partial charge in [0.1, 0.15) is 0 Å². The number of carbonyl (C=O) groups is 2. The predicted molar refractivity (Wildman–Crippen MR) is 110 cm³/mol. The molecule has 2 amide bonds. The number of sulfone groups is 1. The van der Waals surface area contributed by atoms with Crippen LogP contribution < -0.4 is 5.32 Å². The van der Waals surface area contributed by atoms with Gasteiger partial charge in [0.05, 0.1) is 10.6 Å². The van der Waals surface area contributed by atoms with Crippen molar-refractivity contribution in [1.82, 2.24) is 4.90 Å². The van der Waals surface area contributed by atoms with Crippen LogP contribution in [0.2, 0.25) is 0 Å². The van der Waals surface area contributed by atoms with Crippen LogP contribution in [0.15, 0.2) is 53.4 Å². The second kappa shape index (κ2) is 9.50. The zero-order valence-electron chi connectivity index (χ0n) is 16.4. The molecule has 0 heterocycles. The number of carbonyl (C=O) groups excluding carboxylic acids is 2. The molecule has 1 N–H and O–H groups in total. The van der Waals surface area contributed by atoms with Crippen LogP contribution in [0.4, 0.5) is 5.69 Å². The highest BCUT2D eigenvalue weighted by molar-refractivity contribution is 7.91. The van der Waals surface area contributed by atoms with Gasteiger partial charge in [0.25, 0.3) is 5.91 Å². The molecule has 0 atom stereocenters. The molecule has 7 heteroatoms. The van der Waals surface area contributed by atoms with Gasteiger partial charge in [-0.3, -0.25) is 9.59 Å². The van der Waals surface area contributed by atoms with E-state index in [0.717, 1.165) is 5.56 Å². The minimum Gasteiger partial charge on any atom is -0.339 e. The van der Waals surface area contributed by atoms with Crippen LogP contribution in [-0.4, -0.2) is 44.0 Å². The Morgan fingerprint density at radius 2 is 1.64 bits per heavy atom. The van der Waals surface area contributed by atoms with Gasteiger partial charge in [-0.05, 0) is 51.1 Å². The van der Waals surface area contributed by atoms with Gasteiger partial charge in [-0.25, -0.2) is 8.42 Å². The lowest BCUT2D eigenvalue weighted by molar-refractivity contribution is -0.115. The van der Waals surface area contributed by atoms with E-state index in [1.807, 2.05) is 20.8 Å². The molecule has 6 nitrogen and oxygen atoms in total. The molecule has 2 aromatic carbocycles. The van der Waals surface area contributed by atoms with Crippen molar-refractivity contribution in [1.29, 1.82) is 0 Å². The summed E-state index contributed by atoms with van der Waals surface area (Å²) in [6.07, 6.45) is -0.162. The molecular formula is C21H26N2O4S. The van der Waals surface area contributed by atoms with Crippen LogP contribution in [0.1, 0.15) is 36.2 Å². The third-order valence-corrected chi connectivity index (χ3v) is 6.15. The number of amides is 2. The first kappa shape index (κ1) is 21.6. The molecule has 0 aliphatic carbocycles. The molecule has 2 aromatic rings. The van der Waals surface area contributed by atoms with E-state index in [0.29, 0.717) is 24.3 Å². The summed E-state index contributed by atoms with van der Waals surface area (Å²) in [4.78, 5) is 26.5. The zero-order valence-corrected chi connectivity index (χ0v) is 17.3. The van der Waals surface area contributed by atoms with Gasteiger partial charge in [-0.2, -0.15) is 0 Å². The Bertz CT molecular complexity index is 933. The minimum absolute atomic E-state index is 0.108. The lowest BCUT2D eigenvalue weighted by Crippen LogP contribution is -2.30. The molecule has 28 heavy (non-hydrogen) atoms. The topological polar surface area (TPSA) is 83.6 Å². The first-order chi connectivity index (χ1) is 13.3. The largest absolute Gasteiger partial charge is 0.339 e. The van der Waals surface area contributed by atoms with Crippen molar-refractivity contribution in [3.05, 3.63) is 59.7 Å². The summed E-state index contributed by atoms with van der Waals surface area (Å²) in [6, 6.07) is 13.2. The van der Waals surface area contributed by atoms with E-state index in [1.165, 1.54) is 0 Å². The second-order valence-electron chi connectivity index (χ2n) is 6.49. The average molecular weight is 403 g/mol. The minimum atomic E-state index is -3.53. The Hall–Kier alpha value is -2.67. The van der Waals surface area contributed by atoms with Crippen molar-refractivity contribution in [3.8, 4) is 0 Å². The number of aryl methyl sites for hydroxylation is 1. The lowest BCUT2D eigenvalue weighted by Gasteiger charge is -2.19. The molecule has 0 aliphatic rings. The second-order valence-corrected chi connectivity index (χ2v) is 8.60. The van der Waals surface area contributed by atoms with Crippen LogP contribution >= 0.6 is 0 Å². The van der Waals surface area contributed by atoms with Crippen molar-refractivity contribution in [2.45, 2.75) is 32.1 Å². The molecule has 0 saturated heterocycles. The SMILES string of the molecule is CCN(CC)C(=O)c1cccc(NC(=O)CCS(=O)(=O)c2ccc(C)cc2)c1. The molecule has 0 saturated carbocycles. The quantitative estimate of drug-likeness (QED) is 0.734. The summed E-state index contributed by atoms with van der Waals surface area (Å²) in [5, 5.41) is 2.67. The molecule has 0 spiro atoms. The van der Waals surface area contributed by atoms with E-state index in [1.54, 1.807) is 53.4 Å². The monoisotopic (exact) mass is 402 g/mol. The Kier molecular flexibility index (Phi) is 7.34. The van der Waals surface area contributed by atoms with Gasteiger partial charge in [-0.1, -0.05) is 23.8 Å². The molecule has 0 unspecified atom stereocenters. The van der Waals surface area contributed by atoms with Crippen molar-refractivity contribution >= 4 is 27.3 Å². The van der Waals surface area contributed by atoms with Crippen LogP contribution in [-0.2, 0) is 14.6 Å². The normalized spacial score (nSPS) is 11.1. The fraction of sp³-hybridized carbons (Fsp3) is 0.333. The Morgan fingerprint density at radius 1 is 1.00 bits per heavy atom. The van der Waals surface area contributed by atoms with E-state index in [4.69, 9.17) is 0 Å². The fourth-order valence-electron chi connectivity index (χ4n) is 2.74. The number of nitrogens with one attached hydrogen (secondary N) is 1. The number of hydrogen-bond acceptors (Lipinski definition) is 4. The summed E-state index contributed by atoms with van der Waals surface area (Å²) in [5.74, 6) is -0.800. The highest BCUT2D eigenvalue weighted by atomic mass is 32.2. The van der Waals surface area contributed by atoms with Gasteiger partial charge in [0.2, 0.25) is 5.91 Å². The van der Waals surface area contributed by atoms with Gasteiger partial charge in [0, 0.05) is 30.8 Å². The number of rotatable bonds is 8. The van der Waals surface area contributed by atoms with Gasteiger partial charge in [-0.15, -0.1) is 0 Å². The maximum atomic E-state index is 12.4. The Morgan fingerprint density at radius 3 is 2.25 bits per heavy atom. The van der Waals surface area contributed by atoms with E-state index >= 15 is 0 Å². The lowest BCUT2D eigenvalue weighted by atomic mass is 10.1. The molecule has 0 radical (unpaired) electrons. The zero-order chi connectivity index (χ0) is 20.7. The maximum absolute atomic E-state index is 12.4. The molecule has 0 aromatic heterocycles. The van der Waals surface area contributed by atoms with E-state index in [2.05, 4.69) is 5.32 Å². The van der Waals surface area contributed by atoms with Crippen LogP contribution in [0.25, 0.3) is 0 Å². The summed E-state index contributed by atoms with van der Waals surface area (Å²) < 4.78 is 24.7. The first-order valence-electron chi connectivity index (χ1n) is 9.25. The van der Waals surface area contributed by atoms with Crippen LogP contribution in [0.5, 0.6) is 0 Å². The van der Waals surface area contributed by atoms with Crippen LogP contribution in [0.3, 0.4) is 0 Å². The number of anilines is 1. The van der Waals surface area contributed by atoms with E-state index in [9.17, 15) is 18.0 Å². The Labute approximate surface area is 166 Å². The third kappa shape index (κ3) is 5.66. The van der Waals surface area contributed by atoms with Gasteiger partial charge >= 0.3 is 0 Å². The van der Waals surface area contributed by atoms with Crippen molar-refractivity contribution in [2.24, 2.45) is 0 Å². The summed E-state index contributed by atoms with van der Waals surface area (Å²) in [7, 11) is -3.53. The Balaban J connectivity index is 2.00. The van der Waals surface area contributed by atoms with Gasteiger partial charge < -0.3 is 10.2 Å². The van der Waals surface area contributed by atoms with E-state index < -0.39 is 15.7 Å². The highest BCUT2D eigenvalue weighted by Gasteiger charge is 2.17.